The molecule has 2 heterocycles. The molecule has 3 rings (SSSR count). The van der Waals surface area contributed by atoms with Crippen molar-refractivity contribution in [2.24, 2.45) is 4.99 Å². The third-order valence-electron chi connectivity index (χ3n) is 4.14. The summed E-state index contributed by atoms with van der Waals surface area (Å²) in [6.45, 7) is 1.53. The minimum atomic E-state index is -0.300. The summed E-state index contributed by atoms with van der Waals surface area (Å²) in [6.07, 6.45) is 5.14. The van der Waals surface area contributed by atoms with Crippen molar-refractivity contribution in [2.75, 3.05) is 18.4 Å². The maximum atomic E-state index is 12.0. The molecule has 24 heavy (non-hydrogen) atoms. The van der Waals surface area contributed by atoms with Crippen LogP contribution in [0.1, 0.15) is 32.1 Å². The second-order valence-electron chi connectivity index (χ2n) is 5.92. The number of halogens is 2. The number of allylic oxidation sites excluding steroid dienone is 1. The third kappa shape index (κ3) is 4.42. The van der Waals surface area contributed by atoms with Crippen molar-refractivity contribution in [3.63, 3.8) is 0 Å². The zero-order chi connectivity index (χ0) is 16.9. The van der Waals surface area contributed by atoms with Gasteiger partial charge in [0.1, 0.15) is 5.82 Å². The fourth-order valence-electron chi connectivity index (χ4n) is 2.88. The van der Waals surface area contributed by atoms with E-state index in [0.29, 0.717) is 22.3 Å². The Hall–Kier alpha value is -1.72. The predicted octanol–water partition coefficient (Wildman–Crippen LogP) is 4.33. The van der Waals surface area contributed by atoms with Crippen LogP contribution in [0.2, 0.25) is 10.0 Å². The number of anilines is 1. The molecule has 7 heteroatoms. The zero-order valence-corrected chi connectivity index (χ0v) is 14.8. The number of carbonyl (C=O) groups excluding carboxylic acids is 1. The Labute approximate surface area is 151 Å². The largest absolute Gasteiger partial charge is 0.370 e. The average molecular weight is 367 g/mol. The predicted molar refractivity (Wildman–Crippen MR) is 99.0 cm³/mol. The lowest BCUT2D eigenvalue weighted by atomic mass is 9.97. The molecule has 2 aliphatic heterocycles. The van der Waals surface area contributed by atoms with Gasteiger partial charge in [-0.2, -0.15) is 0 Å². The zero-order valence-electron chi connectivity index (χ0n) is 13.3. The quantitative estimate of drug-likeness (QED) is 0.741. The van der Waals surface area contributed by atoms with Gasteiger partial charge in [-0.1, -0.05) is 23.2 Å². The van der Waals surface area contributed by atoms with E-state index in [9.17, 15) is 4.79 Å². The molecule has 0 radical (unpaired) electrons. The topological polar surface area (TPSA) is 65.5 Å². The molecule has 0 saturated carbocycles. The summed E-state index contributed by atoms with van der Waals surface area (Å²) >= 11 is 11.9. The van der Waals surface area contributed by atoms with Crippen LogP contribution in [0.25, 0.3) is 0 Å². The van der Waals surface area contributed by atoms with Gasteiger partial charge in [-0.25, -0.2) is 9.79 Å². The summed E-state index contributed by atoms with van der Waals surface area (Å²) in [5, 5.41) is 9.87. The first-order chi connectivity index (χ1) is 11.6. The molecule has 1 aromatic carbocycles. The number of nitrogens with zero attached hydrogens (tertiary/aromatic N) is 1. The first kappa shape index (κ1) is 17.1. The molecule has 0 atom stereocenters. The normalized spacial score (nSPS) is 16.8. The summed E-state index contributed by atoms with van der Waals surface area (Å²) in [4.78, 5) is 16.6. The lowest BCUT2D eigenvalue weighted by Gasteiger charge is -2.24. The minimum Gasteiger partial charge on any atom is -0.370 e. The molecule has 0 aromatic heterocycles. The van der Waals surface area contributed by atoms with Gasteiger partial charge in [-0.05, 0) is 49.5 Å². The van der Waals surface area contributed by atoms with Crippen LogP contribution in [0.15, 0.2) is 34.6 Å². The van der Waals surface area contributed by atoms with Crippen LogP contribution in [0.3, 0.4) is 0 Å². The summed E-state index contributed by atoms with van der Waals surface area (Å²) in [7, 11) is 0. The van der Waals surface area contributed by atoms with Crippen molar-refractivity contribution in [1.82, 2.24) is 10.6 Å². The number of nitrogens with one attached hydrogen (secondary N) is 3. The highest BCUT2D eigenvalue weighted by molar-refractivity contribution is 6.35. The Morgan fingerprint density at radius 3 is 3.00 bits per heavy atom. The second kappa shape index (κ2) is 7.90. The van der Waals surface area contributed by atoms with Crippen LogP contribution >= 0.6 is 23.2 Å². The molecular weight excluding hydrogens is 347 g/mol. The van der Waals surface area contributed by atoms with E-state index in [1.54, 1.807) is 18.2 Å². The third-order valence-corrected chi connectivity index (χ3v) is 4.71. The molecule has 0 fully saturated rings. The number of carbonyl (C=O) groups is 1. The average Bonchev–Trinajstić information content (AvgIpc) is 2.58. The molecule has 0 saturated heterocycles. The van der Waals surface area contributed by atoms with Crippen molar-refractivity contribution in [3.05, 3.63) is 39.6 Å². The van der Waals surface area contributed by atoms with Crippen molar-refractivity contribution in [1.29, 1.82) is 0 Å². The van der Waals surface area contributed by atoms with Crippen LogP contribution in [0, 0.1) is 0 Å². The van der Waals surface area contributed by atoms with Crippen LogP contribution in [-0.4, -0.2) is 24.8 Å². The number of benzene rings is 1. The molecule has 128 valence electrons. The Morgan fingerprint density at radius 2 is 2.12 bits per heavy atom. The fraction of sp³-hybridized carbons (Fsp3) is 0.412. The van der Waals surface area contributed by atoms with E-state index in [0.717, 1.165) is 43.8 Å². The van der Waals surface area contributed by atoms with Crippen molar-refractivity contribution >= 4 is 40.6 Å². The Kier molecular flexibility index (Phi) is 5.63. The van der Waals surface area contributed by atoms with Gasteiger partial charge in [0, 0.05) is 30.2 Å². The van der Waals surface area contributed by atoms with E-state index in [-0.39, 0.29) is 6.03 Å². The van der Waals surface area contributed by atoms with Gasteiger partial charge in [0.15, 0.2) is 0 Å². The number of urea groups is 1. The van der Waals surface area contributed by atoms with E-state index in [4.69, 9.17) is 23.2 Å². The highest BCUT2D eigenvalue weighted by atomic mass is 35.5. The molecule has 0 bridgehead atoms. The number of amides is 2. The van der Waals surface area contributed by atoms with E-state index in [1.807, 2.05) is 0 Å². The van der Waals surface area contributed by atoms with E-state index < -0.39 is 0 Å². The molecule has 2 aliphatic rings. The number of hydrogen-bond donors (Lipinski definition) is 3. The Morgan fingerprint density at radius 1 is 1.25 bits per heavy atom. The highest BCUT2D eigenvalue weighted by Crippen LogP contribution is 2.26. The van der Waals surface area contributed by atoms with Gasteiger partial charge < -0.3 is 16.0 Å². The highest BCUT2D eigenvalue weighted by Gasteiger charge is 2.17. The van der Waals surface area contributed by atoms with E-state index >= 15 is 0 Å². The molecule has 2 amide bonds. The number of hydrogen-bond acceptors (Lipinski definition) is 3. The fourth-order valence-corrected chi connectivity index (χ4v) is 3.22. The molecule has 3 N–H and O–H groups in total. The molecule has 0 unspecified atom stereocenters. The van der Waals surface area contributed by atoms with Gasteiger partial charge in [0.2, 0.25) is 0 Å². The van der Waals surface area contributed by atoms with Gasteiger partial charge >= 0.3 is 6.03 Å². The summed E-state index contributed by atoms with van der Waals surface area (Å²) in [6, 6.07) is 4.65. The van der Waals surface area contributed by atoms with Crippen LogP contribution < -0.4 is 16.0 Å². The van der Waals surface area contributed by atoms with Crippen LogP contribution in [0.5, 0.6) is 0 Å². The van der Waals surface area contributed by atoms with Gasteiger partial charge in [-0.15, -0.1) is 0 Å². The Balaban J connectivity index is 1.48. The standard InChI is InChI=1S/C17H20Cl2N4O/c18-12-4-6-14(19)15(10-12)23-17(24)21-9-7-13-5-3-11-2-1-8-20-16(11)22-13/h4,6,10,20H,1-3,5,7-9H2,(H2,21,23,24). The van der Waals surface area contributed by atoms with E-state index in [2.05, 4.69) is 20.9 Å². The molecule has 0 spiro atoms. The molecule has 1 aromatic rings. The van der Waals surface area contributed by atoms with Crippen LogP contribution in [0.4, 0.5) is 10.5 Å². The molecule has 5 nitrogen and oxygen atoms in total. The second-order valence-corrected chi connectivity index (χ2v) is 6.76. The maximum Gasteiger partial charge on any atom is 0.319 e. The monoisotopic (exact) mass is 366 g/mol. The smallest absolute Gasteiger partial charge is 0.319 e. The van der Waals surface area contributed by atoms with Crippen molar-refractivity contribution in [3.8, 4) is 0 Å². The number of aliphatic imine (C=N–C) groups is 1. The molecular formula is C17H20Cl2N4O. The van der Waals surface area contributed by atoms with Gasteiger partial charge in [0.05, 0.1) is 10.7 Å². The number of rotatable bonds is 4. The first-order valence-corrected chi connectivity index (χ1v) is 8.89. The minimum absolute atomic E-state index is 0.300. The van der Waals surface area contributed by atoms with Crippen LogP contribution in [-0.2, 0) is 0 Å². The summed E-state index contributed by atoms with van der Waals surface area (Å²) in [5.74, 6) is 1.05. The van der Waals surface area contributed by atoms with E-state index in [1.165, 1.54) is 12.0 Å². The van der Waals surface area contributed by atoms with Gasteiger partial charge in [-0.3, -0.25) is 0 Å². The first-order valence-electron chi connectivity index (χ1n) is 8.14. The summed E-state index contributed by atoms with van der Waals surface area (Å²) in [5.41, 5.74) is 3.06. The van der Waals surface area contributed by atoms with Crippen molar-refractivity contribution in [2.45, 2.75) is 32.1 Å². The SMILES string of the molecule is O=C(NCCC1=NC2=C(CCCN2)CC1)Nc1cc(Cl)ccc1Cl. The lowest BCUT2D eigenvalue weighted by molar-refractivity contribution is 0.252. The lowest BCUT2D eigenvalue weighted by Crippen LogP contribution is -2.31. The summed E-state index contributed by atoms with van der Waals surface area (Å²) < 4.78 is 0. The van der Waals surface area contributed by atoms with Gasteiger partial charge in [0.25, 0.3) is 0 Å². The maximum absolute atomic E-state index is 12.0. The molecule has 0 aliphatic carbocycles. The Bertz CT molecular complexity index is 700. The van der Waals surface area contributed by atoms with Crippen molar-refractivity contribution < 1.29 is 4.79 Å².